The number of rotatable bonds is 3. The molecule has 0 aromatic heterocycles. The highest BCUT2D eigenvalue weighted by atomic mass is 79.9. The van der Waals surface area contributed by atoms with Crippen LogP contribution >= 0.6 is 27.5 Å². The van der Waals surface area contributed by atoms with E-state index in [1.54, 1.807) is 0 Å². The van der Waals surface area contributed by atoms with Crippen molar-refractivity contribution in [3.05, 3.63) is 63.1 Å². The molecule has 0 fully saturated rings. The Hall–Kier alpha value is -1.73. The molecule has 0 unspecified atom stereocenters. The first-order chi connectivity index (χ1) is 10.8. The smallest absolute Gasteiger partial charge is 0.334 e. The summed E-state index contributed by atoms with van der Waals surface area (Å²) < 4.78 is 39.1. The Labute approximate surface area is 144 Å². The lowest BCUT2D eigenvalue weighted by atomic mass is 10.2. The molecule has 0 saturated carbocycles. The molecular formula is C15H11BrClF3N2O. The second-order valence-corrected chi connectivity index (χ2v) is 5.85. The van der Waals surface area contributed by atoms with Crippen molar-refractivity contribution >= 4 is 39.2 Å². The zero-order chi connectivity index (χ0) is 17.0. The van der Waals surface area contributed by atoms with Crippen LogP contribution in [-0.2, 0) is 12.7 Å². The molecule has 0 spiro atoms. The Morgan fingerprint density at radius 2 is 1.87 bits per heavy atom. The van der Waals surface area contributed by atoms with Crippen molar-refractivity contribution < 1.29 is 18.0 Å². The van der Waals surface area contributed by atoms with E-state index in [0.717, 1.165) is 22.2 Å². The highest BCUT2D eigenvalue weighted by Gasteiger charge is 2.33. The lowest BCUT2D eigenvalue weighted by molar-refractivity contribution is -0.137. The van der Waals surface area contributed by atoms with Gasteiger partial charge in [0.25, 0.3) is 0 Å². The zero-order valence-electron chi connectivity index (χ0n) is 11.5. The molecule has 0 aliphatic rings. The van der Waals surface area contributed by atoms with E-state index in [2.05, 4.69) is 26.6 Å². The minimum atomic E-state index is -4.58. The number of halogens is 5. The third-order valence-electron chi connectivity index (χ3n) is 2.93. The van der Waals surface area contributed by atoms with Gasteiger partial charge in [-0.3, -0.25) is 0 Å². The molecule has 0 heterocycles. The summed E-state index contributed by atoms with van der Waals surface area (Å²) in [5.41, 5.74) is -0.149. The molecule has 122 valence electrons. The fourth-order valence-corrected chi connectivity index (χ4v) is 2.46. The molecular weight excluding hydrogens is 397 g/mol. The Balaban J connectivity index is 2.02. The van der Waals surface area contributed by atoms with Crippen molar-refractivity contribution in [3.8, 4) is 0 Å². The quantitative estimate of drug-likeness (QED) is 0.698. The number of carbonyl (C=O) groups is 1. The largest absolute Gasteiger partial charge is 0.417 e. The Morgan fingerprint density at radius 3 is 2.52 bits per heavy atom. The minimum Gasteiger partial charge on any atom is -0.334 e. The van der Waals surface area contributed by atoms with Crippen LogP contribution in [0.1, 0.15) is 11.1 Å². The molecule has 3 nitrogen and oxygen atoms in total. The summed E-state index contributed by atoms with van der Waals surface area (Å²) in [6.07, 6.45) is -4.58. The number of alkyl halides is 3. The number of anilines is 1. The van der Waals surface area contributed by atoms with Crippen molar-refractivity contribution in [2.45, 2.75) is 12.7 Å². The molecule has 0 radical (unpaired) electrons. The van der Waals surface area contributed by atoms with Crippen LogP contribution in [0.2, 0.25) is 5.02 Å². The van der Waals surface area contributed by atoms with E-state index in [1.807, 2.05) is 24.3 Å². The van der Waals surface area contributed by atoms with Crippen LogP contribution in [-0.4, -0.2) is 6.03 Å². The lowest BCUT2D eigenvalue weighted by Crippen LogP contribution is -2.28. The summed E-state index contributed by atoms with van der Waals surface area (Å²) in [6.45, 7) is 0.229. The van der Waals surface area contributed by atoms with Crippen LogP contribution in [0, 0.1) is 0 Å². The fraction of sp³-hybridized carbons (Fsp3) is 0.133. The molecule has 2 rings (SSSR count). The summed E-state index contributed by atoms with van der Waals surface area (Å²) in [4.78, 5) is 11.8. The molecule has 8 heteroatoms. The maximum absolute atomic E-state index is 12.8. The van der Waals surface area contributed by atoms with Crippen LogP contribution in [0.5, 0.6) is 0 Å². The van der Waals surface area contributed by atoms with Crippen LogP contribution in [0.25, 0.3) is 0 Å². The highest BCUT2D eigenvalue weighted by Crippen LogP contribution is 2.36. The van der Waals surface area contributed by atoms with Crippen molar-refractivity contribution in [2.24, 2.45) is 0 Å². The number of hydrogen-bond donors (Lipinski definition) is 2. The molecule has 0 aliphatic heterocycles. The molecule has 2 N–H and O–H groups in total. The number of hydrogen-bond acceptors (Lipinski definition) is 1. The summed E-state index contributed by atoms with van der Waals surface area (Å²) in [5, 5.41) is 4.49. The first kappa shape index (κ1) is 17.6. The summed E-state index contributed by atoms with van der Waals surface area (Å²) in [7, 11) is 0. The fourth-order valence-electron chi connectivity index (χ4n) is 1.81. The van der Waals surface area contributed by atoms with Gasteiger partial charge in [0.1, 0.15) is 0 Å². The molecule has 0 saturated heterocycles. The van der Waals surface area contributed by atoms with Gasteiger partial charge in [0, 0.05) is 16.7 Å². The van der Waals surface area contributed by atoms with Gasteiger partial charge in [-0.25, -0.2) is 4.79 Å². The van der Waals surface area contributed by atoms with Crippen LogP contribution in [0.3, 0.4) is 0 Å². The molecule has 2 aromatic rings. The number of carbonyl (C=O) groups excluding carboxylic acids is 1. The van der Waals surface area contributed by atoms with E-state index in [4.69, 9.17) is 11.6 Å². The predicted molar refractivity (Wildman–Crippen MR) is 86.5 cm³/mol. The van der Waals surface area contributed by atoms with Crippen LogP contribution in [0.15, 0.2) is 46.9 Å². The number of urea groups is 1. The third-order valence-corrected chi connectivity index (χ3v) is 4.03. The second-order valence-electron chi connectivity index (χ2n) is 4.59. The van der Waals surface area contributed by atoms with Gasteiger partial charge in [-0.2, -0.15) is 13.2 Å². The monoisotopic (exact) mass is 406 g/mol. The van der Waals surface area contributed by atoms with E-state index < -0.39 is 22.8 Å². The third kappa shape index (κ3) is 4.87. The summed E-state index contributed by atoms with van der Waals surface area (Å²) >= 11 is 8.86. The van der Waals surface area contributed by atoms with E-state index >= 15 is 0 Å². The van der Waals surface area contributed by atoms with E-state index in [9.17, 15) is 18.0 Å². The summed E-state index contributed by atoms with van der Waals surface area (Å²) in [6, 6.07) is 9.85. The normalized spacial score (nSPS) is 11.2. The maximum Gasteiger partial charge on any atom is 0.417 e. The molecule has 23 heavy (non-hydrogen) atoms. The van der Waals surface area contributed by atoms with E-state index in [-0.39, 0.29) is 12.2 Å². The number of nitrogens with one attached hydrogen (secondary N) is 2. The van der Waals surface area contributed by atoms with Gasteiger partial charge in [-0.15, -0.1) is 0 Å². The highest BCUT2D eigenvalue weighted by molar-refractivity contribution is 9.10. The first-order valence-electron chi connectivity index (χ1n) is 6.42. The minimum absolute atomic E-state index is 0.00588. The number of benzene rings is 2. The van der Waals surface area contributed by atoms with Crippen molar-refractivity contribution in [1.29, 1.82) is 0 Å². The molecule has 2 aromatic carbocycles. The Morgan fingerprint density at radius 1 is 1.17 bits per heavy atom. The van der Waals surface area contributed by atoms with Gasteiger partial charge in [0.15, 0.2) is 0 Å². The predicted octanol–water partition coefficient (Wildman–Crippen LogP) is 5.44. The van der Waals surface area contributed by atoms with Gasteiger partial charge < -0.3 is 10.6 Å². The lowest BCUT2D eigenvalue weighted by Gasteiger charge is -2.12. The molecule has 0 aliphatic carbocycles. The summed E-state index contributed by atoms with van der Waals surface area (Å²) in [5.74, 6) is 0. The van der Waals surface area contributed by atoms with Crippen molar-refractivity contribution in [1.82, 2.24) is 5.32 Å². The second kappa shape index (κ2) is 7.23. The number of amides is 2. The van der Waals surface area contributed by atoms with Crippen LogP contribution < -0.4 is 10.6 Å². The standard InChI is InChI=1S/C15H11BrClF3N2O/c16-12-4-2-1-3-9(12)8-21-14(23)22-10-5-6-13(17)11(7-10)15(18,19)20/h1-7H,8H2,(H2,21,22,23). The van der Waals surface area contributed by atoms with Gasteiger partial charge in [-0.05, 0) is 29.8 Å². The average Bonchev–Trinajstić information content (AvgIpc) is 2.47. The van der Waals surface area contributed by atoms with E-state index in [1.165, 1.54) is 6.07 Å². The van der Waals surface area contributed by atoms with Gasteiger partial charge in [0.05, 0.1) is 10.6 Å². The maximum atomic E-state index is 12.8. The van der Waals surface area contributed by atoms with Gasteiger partial charge in [-0.1, -0.05) is 45.7 Å². The SMILES string of the molecule is O=C(NCc1ccccc1Br)Nc1ccc(Cl)c(C(F)(F)F)c1. The van der Waals surface area contributed by atoms with Crippen molar-refractivity contribution in [2.75, 3.05) is 5.32 Å². The molecule has 0 bridgehead atoms. The topological polar surface area (TPSA) is 41.1 Å². The first-order valence-corrected chi connectivity index (χ1v) is 7.59. The van der Waals surface area contributed by atoms with Crippen molar-refractivity contribution in [3.63, 3.8) is 0 Å². The van der Waals surface area contributed by atoms with Crippen LogP contribution in [0.4, 0.5) is 23.7 Å². The zero-order valence-corrected chi connectivity index (χ0v) is 13.9. The van der Waals surface area contributed by atoms with E-state index in [0.29, 0.717) is 0 Å². The van der Waals surface area contributed by atoms with Gasteiger partial charge >= 0.3 is 12.2 Å². The molecule has 0 atom stereocenters. The Bertz CT molecular complexity index is 722. The van der Waals surface area contributed by atoms with Gasteiger partial charge in [0.2, 0.25) is 0 Å². The Kier molecular flexibility index (Phi) is 5.54. The average molecular weight is 408 g/mol. The molecule has 2 amide bonds.